The molecule has 2 aromatic rings. The topological polar surface area (TPSA) is 32.8 Å². The van der Waals surface area contributed by atoms with Crippen LogP contribution in [0, 0.1) is 0 Å². The number of fused-ring (bicyclic) bond motifs is 1. The summed E-state index contributed by atoms with van der Waals surface area (Å²) in [7, 11) is 0. The van der Waals surface area contributed by atoms with Crippen molar-refractivity contribution in [1.82, 2.24) is 9.80 Å². The standard InChI is InChI=1S/C21H25BrN2O2/c22-19-7-2-5-16-4-1-6-18(20(16)19)21(25)24-11-8-17(9-12-24)23-10-3-14-26-15-13-23/h1-2,4-7,17H,3,8-15H2. The van der Waals surface area contributed by atoms with E-state index >= 15 is 0 Å². The summed E-state index contributed by atoms with van der Waals surface area (Å²) in [5, 5.41) is 2.12. The summed E-state index contributed by atoms with van der Waals surface area (Å²) in [6.07, 6.45) is 3.22. The van der Waals surface area contributed by atoms with Gasteiger partial charge in [-0.3, -0.25) is 9.69 Å². The van der Waals surface area contributed by atoms with Crippen molar-refractivity contribution in [3.8, 4) is 0 Å². The monoisotopic (exact) mass is 416 g/mol. The Morgan fingerprint density at radius 1 is 1.00 bits per heavy atom. The second kappa shape index (κ2) is 8.07. The first-order valence-corrected chi connectivity index (χ1v) is 10.3. The van der Waals surface area contributed by atoms with E-state index in [1.807, 2.05) is 29.2 Å². The van der Waals surface area contributed by atoms with Crippen molar-refractivity contribution < 1.29 is 9.53 Å². The molecule has 4 nitrogen and oxygen atoms in total. The van der Waals surface area contributed by atoms with Gasteiger partial charge in [0.15, 0.2) is 0 Å². The highest BCUT2D eigenvalue weighted by atomic mass is 79.9. The highest BCUT2D eigenvalue weighted by Crippen LogP contribution is 2.29. The third-order valence-corrected chi connectivity index (χ3v) is 6.27. The third kappa shape index (κ3) is 3.66. The van der Waals surface area contributed by atoms with Gasteiger partial charge in [0.05, 0.1) is 6.61 Å². The van der Waals surface area contributed by atoms with Crippen LogP contribution in [0.3, 0.4) is 0 Å². The van der Waals surface area contributed by atoms with Crippen molar-refractivity contribution in [3.05, 3.63) is 46.4 Å². The lowest BCUT2D eigenvalue weighted by Gasteiger charge is -2.38. The van der Waals surface area contributed by atoms with E-state index in [4.69, 9.17) is 4.74 Å². The van der Waals surface area contributed by atoms with Crippen LogP contribution in [0.5, 0.6) is 0 Å². The molecule has 138 valence electrons. The maximum Gasteiger partial charge on any atom is 0.254 e. The molecule has 2 heterocycles. The van der Waals surface area contributed by atoms with Gasteiger partial charge in [-0.15, -0.1) is 0 Å². The second-order valence-corrected chi connectivity index (χ2v) is 8.02. The number of ether oxygens (including phenoxy) is 1. The van der Waals surface area contributed by atoms with E-state index in [1.165, 1.54) is 0 Å². The lowest BCUT2D eigenvalue weighted by molar-refractivity contribution is 0.0611. The van der Waals surface area contributed by atoms with E-state index in [-0.39, 0.29) is 5.91 Å². The largest absolute Gasteiger partial charge is 0.380 e. The molecule has 1 amide bonds. The Morgan fingerprint density at radius 2 is 1.77 bits per heavy atom. The molecular weight excluding hydrogens is 392 g/mol. The lowest BCUT2D eigenvalue weighted by atomic mass is 9.99. The molecule has 2 aromatic carbocycles. The highest BCUT2D eigenvalue weighted by molar-refractivity contribution is 9.10. The number of halogens is 1. The number of hydrogen-bond donors (Lipinski definition) is 0. The van der Waals surface area contributed by atoms with Crippen molar-refractivity contribution >= 4 is 32.6 Å². The van der Waals surface area contributed by atoms with E-state index < -0.39 is 0 Å². The van der Waals surface area contributed by atoms with E-state index in [0.29, 0.717) is 6.04 Å². The fourth-order valence-corrected chi connectivity index (χ4v) is 4.80. The zero-order valence-electron chi connectivity index (χ0n) is 15.0. The molecule has 0 bridgehead atoms. The highest BCUT2D eigenvalue weighted by Gasteiger charge is 2.28. The van der Waals surface area contributed by atoms with Crippen molar-refractivity contribution in [2.24, 2.45) is 0 Å². The van der Waals surface area contributed by atoms with Crippen LogP contribution in [0.25, 0.3) is 10.8 Å². The van der Waals surface area contributed by atoms with Crippen LogP contribution >= 0.6 is 15.9 Å². The minimum atomic E-state index is 0.153. The van der Waals surface area contributed by atoms with Gasteiger partial charge in [0, 0.05) is 54.3 Å². The van der Waals surface area contributed by atoms with Crippen molar-refractivity contribution in [3.63, 3.8) is 0 Å². The first-order chi connectivity index (χ1) is 12.7. The average molecular weight is 417 g/mol. The lowest BCUT2D eigenvalue weighted by Crippen LogP contribution is -2.47. The summed E-state index contributed by atoms with van der Waals surface area (Å²) in [4.78, 5) is 17.8. The van der Waals surface area contributed by atoms with Gasteiger partial charge in [-0.2, -0.15) is 0 Å². The van der Waals surface area contributed by atoms with Gasteiger partial charge in [-0.05, 0) is 36.8 Å². The zero-order valence-corrected chi connectivity index (χ0v) is 16.6. The Balaban J connectivity index is 1.47. The minimum Gasteiger partial charge on any atom is -0.380 e. The summed E-state index contributed by atoms with van der Waals surface area (Å²) >= 11 is 3.62. The number of amides is 1. The summed E-state index contributed by atoms with van der Waals surface area (Å²) < 4.78 is 6.56. The average Bonchev–Trinajstić information content (AvgIpc) is 2.97. The van der Waals surface area contributed by atoms with Gasteiger partial charge in [-0.25, -0.2) is 0 Å². The maximum absolute atomic E-state index is 13.2. The first-order valence-electron chi connectivity index (χ1n) is 9.52. The van der Waals surface area contributed by atoms with Crippen LogP contribution < -0.4 is 0 Å². The van der Waals surface area contributed by atoms with E-state index in [9.17, 15) is 4.79 Å². The van der Waals surface area contributed by atoms with Gasteiger partial charge in [0.2, 0.25) is 0 Å². The summed E-state index contributed by atoms with van der Waals surface area (Å²) in [5.74, 6) is 0.153. The number of carbonyl (C=O) groups excluding carboxylic acids is 1. The first kappa shape index (κ1) is 18.0. The molecule has 0 N–H and O–H groups in total. The molecule has 0 aromatic heterocycles. The smallest absolute Gasteiger partial charge is 0.254 e. The SMILES string of the molecule is O=C(c1cccc2cccc(Br)c12)N1CCC(N2CCCOCC2)CC1. The Bertz CT molecular complexity index is 773. The molecule has 2 aliphatic rings. The van der Waals surface area contributed by atoms with Gasteiger partial charge in [-0.1, -0.05) is 40.2 Å². The van der Waals surface area contributed by atoms with Crippen LogP contribution in [0.2, 0.25) is 0 Å². The molecule has 0 saturated carbocycles. The molecule has 0 unspecified atom stereocenters. The Hall–Kier alpha value is -1.43. The molecule has 4 rings (SSSR count). The van der Waals surface area contributed by atoms with Crippen LogP contribution in [-0.2, 0) is 4.74 Å². The molecule has 26 heavy (non-hydrogen) atoms. The molecule has 0 spiro atoms. The fourth-order valence-electron chi connectivity index (χ4n) is 4.21. The number of benzene rings is 2. The normalized spacial score (nSPS) is 20.3. The predicted octanol–water partition coefficient (Wildman–Crippen LogP) is 3.93. The fraction of sp³-hybridized carbons (Fsp3) is 0.476. The van der Waals surface area contributed by atoms with Gasteiger partial charge in [0.1, 0.15) is 0 Å². The van der Waals surface area contributed by atoms with Gasteiger partial charge >= 0.3 is 0 Å². The molecular formula is C21H25BrN2O2. The molecule has 5 heteroatoms. The summed E-state index contributed by atoms with van der Waals surface area (Å²) in [6.45, 7) is 5.53. The van der Waals surface area contributed by atoms with Crippen LogP contribution in [-0.4, -0.2) is 61.1 Å². The second-order valence-electron chi connectivity index (χ2n) is 7.17. The predicted molar refractivity (Wildman–Crippen MR) is 108 cm³/mol. The molecule has 2 fully saturated rings. The Morgan fingerprint density at radius 3 is 2.58 bits per heavy atom. The number of likely N-dealkylation sites (tertiary alicyclic amines) is 1. The Labute approximate surface area is 163 Å². The van der Waals surface area contributed by atoms with Crippen LogP contribution in [0.4, 0.5) is 0 Å². The van der Waals surface area contributed by atoms with E-state index in [2.05, 4.69) is 33.0 Å². The number of piperidine rings is 1. The molecule has 2 saturated heterocycles. The summed E-state index contributed by atoms with van der Waals surface area (Å²) in [5.41, 5.74) is 0.802. The van der Waals surface area contributed by atoms with Crippen LogP contribution in [0.1, 0.15) is 29.6 Å². The molecule has 0 atom stereocenters. The van der Waals surface area contributed by atoms with Gasteiger partial charge in [0.25, 0.3) is 5.91 Å². The third-order valence-electron chi connectivity index (χ3n) is 5.61. The van der Waals surface area contributed by atoms with Crippen molar-refractivity contribution in [2.45, 2.75) is 25.3 Å². The summed E-state index contributed by atoms with van der Waals surface area (Å²) in [6, 6.07) is 12.7. The number of carbonyl (C=O) groups is 1. The maximum atomic E-state index is 13.2. The van der Waals surface area contributed by atoms with Crippen molar-refractivity contribution in [1.29, 1.82) is 0 Å². The van der Waals surface area contributed by atoms with Crippen molar-refractivity contribution in [2.75, 3.05) is 39.4 Å². The van der Waals surface area contributed by atoms with Crippen LogP contribution in [0.15, 0.2) is 40.9 Å². The minimum absolute atomic E-state index is 0.153. The van der Waals surface area contributed by atoms with E-state index in [1.54, 1.807) is 0 Å². The van der Waals surface area contributed by atoms with Gasteiger partial charge < -0.3 is 9.64 Å². The molecule has 0 aliphatic carbocycles. The number of nitrogens with zero attached hydrogens (tertiary/aromatic N) is 2. The zero-order chi connectivity index (χ0) is 17.9. The van der Waals surface area contributed by atoms with E-state index in [0.717, 1.165) is 79.5 Å². The molecule has 2 aliphatic heterocycles. The Kier molecular flexibility index (Phi) is 5.57. The molecule has 0 radical (unpaired) electrons. The number of hydrogen-bond acceptors (Lipinski definition) is 3. The quantitative estimate of drug-likeness (QED) is 0.743. The number of rotatable bonds is 2.